The van der Waals surface area contributed by atoms with Crippen LogP contribution in [-0.4, -0.2) is 37.0 Å². The van der Waals surface area contributed by atoms with Crippen LogP contribution in [-0.2, 0) is 0 Å². The molecule has 0 unspecified atom stereocenters. The van der Waals surface area contributed by atoms with Gasteiger partial charge in [-0.15, -0.1) is 0 Å². The summed E-state index contributed by atoms with van der Waals surface area (Å²) in [5, 5.41) is 3.44. The number of nitrogens with one attached hydrogen (secondary N) is 1. The smallest absolute Gasteiger partial charge is 0.289 e. The van der Waals surface area contributed by atoms with E-state index in [4.69, 9.17) is 4.42 Å². The number of rotatable bonds is 2. The Balaban J connectivity index is 1.45. The van der Waals surface area contributed by atoms with E-state index in [0.717, 1.165) is 44.6 Å². The molecular formula is C19H21FN2O2. The molecule has 5 heteroatoms. The Labute approximate surface area is 140 Å². The Morgan fingerprint density at radius 3 is 2.50 bits per heavy atom. The van der Waals surface area contributed by atoms with E-state index in [-0.39, 0.29) is 11.7 Å². The first-order valence-electron chi connectivity index (χ1n) is 8.51. The van der Waals surface area contributed by atoms with Crippen molar-refractivity contribution in [2.75, 3.05) is 26.2 Å². The van der Waals surface area contributed by atoms with Gasteiger partial charge in [0.25, 0.3) is 5.91 Å². The Morgan fingerprint density at radius 2 is 1.83 bits per heavy atom. The van der Waals surface area contributed by atoms with Crippen molar-refractivity contribution < 1.29 is 13.6 Å². The lowest BCUT2D eigenvalue weighted by Crippen LogP contribution is -2.43. The average molecular weight is 328 g/mol. The van der Waals surface area contributed by atoms with Gasteiger partial charge in [-0.2, -0.15) is 0 Å². The van der Waals surface area contributed by atoms with Gasteiger partial charge in [-0.05, 0) is 67.6 Å². The summed E-state index contributed by atoms with van der Waals surface area (Å²) in [6.07, 6.45) is 3.32. The van der Waals surface area contributed by atoms with Crippen molar-refractivity contribution in [1.82, 2.24) is 10.2 Å². The zero-order valence-corrected chi connectivity index (χ0v) is 13.6. The van der Waals surface area contributed by atoms with Crippen molar-refractivity contribution in [1.29, 1.82) is 0 Å². The van der Waals surface area contributed by atoms with Crippen molar-refractivity contribution in [3.8, 4) is 11.3 Å². The van der Waals surface area contributed by atoms with Crippen molar-refractivity contribution >= 4 is 5.91 Å². The molecule has 4 rings (SSSR count). The quantitative estimate of drug-likeness (QED) is 0.920. The molecule has 1 N–H and O–H groups in total. The average Bonchev–Trinajstić information content (AvgIpc) is 3.26. The minimum Gasteiger partial charge on any atom is -0.451 e. The van der Waals surface area contributed by atoms with E-state index < -0.39 is 0 Å². The Hall–Kier alpha value is -2.14. The highest BCUT2D eigenvalue weighted by Gasteiger charge is 2.38. The number of nitrogens with zero attached hydrogens (tertiary/aromatic N) is 1. The van der Waals surface area contributed by atoms with E-state index >= 15 is 0 Å². The van der Waals surface area contributed by atoms with Crippen LogP contribution >= 0.6 is 0 Å². The fourth-order valence-electron chi connectivity index (χ4n) is 3.78. The van der Waals surface area contributed by atoms with Gasteiger partial charge in [0.15, 0.2) is 5.76 Å². The number of halogens is 1. The summed E-state index contributed by atoms with van der Waals surface area (Å²) in [5.41, 5.74) is 1.16. The molecule has 126 valence electrons. The second-order valence-electron chi connectivity index (χ2n) is 6.89. The zero-order valence-electron chi connectivity index (χ0n) is 13.6. The fraction of sp³-hybridized carbons (Fsp3) is 0.421. The standard InChI is InChI=1S/C19H21FN2O2/c20-15-3-1-14(2-4-15)16-5-6-17(24-16)18(23)22-11-8-19(9-12-22)7-10-21-13-19/h1-6,21H,7-13H2. The Kier molecular flexibility index (Phi) is 3.88. The summed E-state index contributed by atoms with van der Waals surface area (Å²) >= 11 is 0. The van der Waals surface area contributed by atoms with E-state index in [2.05, 4.69) is 5.32 Å². The number of carbonyl (C=O) groups is 1. The molecule has 2 fully saturated rings. The SMILES string of the molecule is O=C(c1ccc(-c2ccc(F)cc2)o1)N1CCC2(CCNC2)CC1. The Morgan fingerprint density at radius 1 is 1.08 bits per heavy atom. The molecule has 0 aliphatic carbocycles. The molecule has 1 amide bonds. The number of furan rings is 1. The molecule has 0 radical (unpaired) electrons. The van der Waals surface area contributed by atoms with Crippen molar-refractivity contribution in [2.45, 2.75) is 19.3 Å². The second kappa shape index (κ2) is 6.06. The van der Waals surface area contributed by atoms with Crippen LogP contribution in [0.2, 0.25) is 0 Å². The topological polar surface area (TPSA) is 45.5 Å². The zero-order chi connectivity index (χ0) is 16.6. The van der Waals surface area contributed by atoms with Gasteiger partial charge in [0.2, 0.25) is 0 Å². The second-order valence-corrected chi connectivity index (χ2v) is 6.89. The third-order valence-electron chi connectivity index (χ3n) is 5.39. The van der Waals surface area contributed by atoms with E-state index in [0.29, 0.717) is 16.9 Å². The van der Waals surface area contributed by atoms with Crippen LogP contribution in [0.25, 0.3) is 11.3 Å². The van der Waals surface area contributed by atoms with Gasteiger partial charge in [0.05, 0.1) is 0 Å². The molecule has 2 aromatic rings. The van der Waals surface area contributed by atoms with Crippen LogP contribution in [0.1, 0.15) is 29.8 Å². The number of hydrogen-bond acceptors (Lipinski definition) is 3. The van der Waals surface area contributed by atoms with E-state index in [1.165, 1.54) is 18.6 Å². The van der Waals surface area contributed by atoms with Crippen molar-refractivity contribution in [3.05, 3.63) is 48.0 Å². The number of likely N-dealkylation sites (tertiary alicyclic amines) is 1. The third-order valence-corrected chi connectivity index (χ3v) is 5.39. The summed E-state index contributed by atoms with van der Waals surface area (Å²) in [7, 11) is 0. The van der Waals surface area contributed by atoms with Gasteiger partial charge in [0, 0.05) is 25.2 Å². The molecular weight excluding hydrogens is 307 g/mol. The minimum absolute atomic E-state index is 0.0517. The Bertz CT molecular complexity index is 722. The summed E-state index contributed by atoms with van der Waals surface area (Å²) in [6.45, 7) is 3.73. The lowest BCUT2D eigenvalue weighted by molar-refractivity contribution is 0.0578. The van der Waals surface area contributed by atoms with Gasteiger partial charge in [-0.1, -0.05) is 0 Å². The largest absolute Gasteiger partial charge is 0.451 e. The van der Waals surface area contributed by atoms with Gasteiger partial charge in [-0.25, -0.2) is 4.39 Å². The molecule has 1 aromatic carbocycles. The summed E-state index contributed by atoms with van der Waals surface area (Å²) in [4.78, 5) is 14.5. The first-order chi connectivity index (χ1) is 11.7. The normalized spacial score (nSPS) is 19.8. The predicted octanol–water partition coefficient (Wildman–Crippen LogP) is 3.30. The van der Waals surface area contributed by atoms with Crippen LogP contribution in [0.15, 0.2) is 40.8 Å². The maximum Gasteiger partial charge on any atom is 0.289 e. The number of benzene rings is 1. The number of carbonyl (C=O) groups excluding carboxylic acids is 1. The van der Waals surface area contributed by atoms with Crippen LogP contribution in [0.3, 0.4) is 0 Å². The lowest BCUT2D eigenvalue weighted by atomic mass is 9.78. The van der Waals surface area contributed by atoms with Crippen LogP contribution < -0.4 is 5.32 Å². The molecule has 4 nitrogen and oxygen atoms in total. The molecule has 2 saturated heterocycles. The van der Waals surface area contributed by atoms with Gasteiger partial charge in [0.1, 0.15) is 11.6 Å². The molecule has 0 saturated carbocycles. The summed E-state index contributed by atoms with van der Waals surface area (Å²) in [6, 6.07) is 9.56. The lowest BCUT2D eigenvalue weighted by Gasteiger charge is -2.38. The first kappa shape index (κ1) is 15.4. The molecule has 2 aliphatic rings. The number of hydrogen-bond donors (Lipinski definition) is 1. The van der Waals surface area contributed by atoms with Gasteiger partial charge in [-0.3, -0.25) is 4.79 Å². The van der Waals surface area contributed by atoms with Gasteiger partial charge < -0.3 is 14.6 Å². The molecule has 0 atom stereocenters. The maximum absolute atomic E-state index is 13.0. The molecule has 3 heterocycles. The highest BCUT2D eigenvalue weighted by molar-refractivity contribution is 5.92. The van der Waals surface area contributed by atoms with Crippen LogP contribution in [0.4, 0.5) is 4.39 Å². The minimum atomic E-state index is -0.287. The van der Waals surface area contributed by atoms with Crippen molar-refractivity contribution in [2.24, 2.45) is 5.41 Å². The molecule has 1 spiro atoms. The van der Waals surface area contributed by atoms with E-state index in [1.54, 1.807) is 24.3 Å². The molecule has 0 bridgehead atoms. The first-order valence-corrected chi connectivity index (χ1v) is 8.51. The maximum atomic E-state index is 13.0. The van der Waals surface area contributed by atoms with Gasteiger partial charge >= 0.3 is 0 Å². The van der Waals surface area contributed by atoms with Crippen LogP contribution in [0, 0.1) is 11.2 Å². The predicted molar refractivity (Wildman–Crippen MR) is 89.2 cm³/mol. The molecule has 1 aromatic heterocycles. The van der Waals surface area contributed by atoms with E-state index in [1.807, 2.05) is 4.90 Å². The third kappa shape index (κ3) is 2.84. The van der Waals surface area contributed by atoms with Crippen LogP contribution in [0.5, 0.6) is 0 Å². The fourth-order valence-corrected chi connectivity index (χ4v) is 3.78. The van der Waals surface area contributed by atoms with Crippen molar-refractivity contribution in [3.63, 3.8) is 0 Å². The highest BCUT2D eigenvalue weighted by Crippen LogP contribution is 2.37. The monoisotopic (exact) mass is 328 g/mol. The highest BCUT2D eigenvalue weighted by atomic mass is 19.1. The molecule has 24 heavy (non-hydrogen) atoms. The summed E-state index contributed by atoms with van der Waals surface area (Å²) < 4.78 is 18.7. The number of amides is 1. The molecule has 2 aliphatic heterocycles. The van der Waals surface area contributed by atoms with E-state index in [9.17, 15) is 9.18 Å². The number of piperidine rings is 1. The summed E-state index contributed by atoms with van der Waals surface area (Å²) in [5.74, 6) is 0.607.